The van der Waals surface area contributed by atoms with E-state index in [2.05, 4.69) is 15.4 Å². The van der Waals surface area contributed by atoms with Crippen LogP contribution in [0.5, 0.6) is 0 Å². The minimum atomic E-state index is -0.279. The van der Waals surface area contributed by atoms with E-state index in [0.29, 0.717) is 23.9 Å². The highest BCUT2D eigenvalue weighted by Crippen LogP contribution is 2.19. The van der Waals surface area contributed by atoms with Crippen LogP contribution in [0.15, 0.2) is 18.2 Å². The van der Waals surface area contributed by atoms with Gasteiger partial charge >= 0.3 is 0 Å². The number of halogens is 1. The van der Waals surface area contributed by atoms with Gasteiger partial charge in [0.1, 0.15) is 23.2 Å². The number of hydrogen-bond donors (Lipinski definition) is 1. The molecule has 0 saturated heterocycles. The number of para-hydroxylation sites is 1. The van der Waals surface area contributed by atoms with Crippen LogP contribution < -0.4 is 5.32 Å². The number of rotatable bonds is 4. The van der Waals surface area contributed by atoms with E-state index < -0.39 is 0 Å². The maximum Gasteiger partial charge on any atom is 0.149 e. The summed E-state index contributed by atoms with van der Waals surface area (Å²) in [6, 6.07) is 5.06. The van der Waals surface area contributed by atoms with Crippen LogP contribution in [0, 0.1) is 19.7 Å². The van der Waals surface area contributed by atoms with Crippen molar-refractivity contribution in [3.05, 3.63) is 41.2 Å². The van der Waals surface area contributed by atoms with Gasteiger partial charge in [-0.1, -0.05) is 19.1 Å². The molecule has 0 fully saturated rings. The van der Waals surface area contributed by atoms with Crippen LogP contribution >= 0.6 is 0 Å². The molecule has 0 spiro atoms. The Balaban J connectivity index is 2.51. The maximum absolute atomic E-state index is 14.0. The van der Waals surface area contributed by atoms with E-state index in [0.717, 1.165) is 12.1 Å². The van der Waals surface area contributed by atoms with Crippen LogP contribution in [0.3, 0.4) is 0 Å². The van der Waals surface area contributed by atoms with Crippen LogP contribution in [-0.2, 0) is 6.54 Å². The standard InChI is InChI=1S/C13H17FN4/c1-4-15-8-11-6-5-7-12(14)13(11)18-10(3)16-9(2)17-18/h5-7,15H,4,8H2,1-3H3. The third-order valence-electron chi connectivity index (χ3n) is 2.72. The first-order chi connectivity index (χ1) is 8.63. The Hall–Kier alpha value is -1.75. The molecule has 5 heteroatoms. The Labute approximate surface area is 106 Å². The second kappa shape index (κ2) is 5.27. The van der Waals surface area contributed by atoms with Gasteiger partial charge in [0.2, 0.25) is 0 Å². The van der Waals surface area contributed by atoms with E-state index in [1.165, 1.54) is 6.07 Å². The summed E-state index contributed by atoms with van der Waals surface area (Å²) >= 11 is 0. The summed E-state index contributed by atoms with van der Waals surface area (Å²) in [5.41, 5.74) is 1.36. The van der Waals surface area contributed by atoms with Gasteiger partial charge in [0, 0.05) is 6.54 Å². The van der Waals surface area contributed by atoms with Crippen LogP contribution in [0.2, 0.25) is 0 Å². The third-order valence-corrected chi connectivity index (χ3v) is 2.72. The van der Waals surface area contributed by atoms with Crippen molar-refractivity contribution in [1.82, 2.24) is 20.1 Å². The van der Waals surface area contributed by atoms with Crippen molar-refractivity contribution in [3.63, 3.8) is 0 Å². The van der Waals surface area contributed by atoms with Crippen LogP contribution in [0.4, 0.5) is 4.39 Å². The van der Waals surface area contributed by atoms with Crippen molar-refractivity contribution in [2.45, 2.75) is 27.3 Å². The predicted molar refractivity (Wildman–Crippen MR) is 68.2 cm³/mol. The SMILES string of the molecule is CCNCc1cccc(F)c1-n1nc(C)nc1C. The third kappa shape index (κ3) is 2.41. The summed E-state index contributed by atoms with van der Waals surface area (Å²) < 4.78 is 15.6. The lowest BCUT2D eigenvalue weighted by atomic mass is 10.1. The number of aryl methyl sites for hydroxylation is 2. The van der Waals surface area contributed by atoms with Crippen LogP contribution in [0.1, 0.15) is 24.1 Å². The lowest BCUT2D eigenvalue weighted by Crippen LogP contribution is -2.15. The first-order valence-electron chi connectivity index (χ1n) is 6.02. The quantitative estimate of drug-likeness (QED) is 0.901. The molecule has 1 heterocycles. The molecule has 1 N–H and O–H groups in total. The second-order valence-corrected chi connectivity index (χ2v) is 4.15. The fourth-order valence-corrected chi connectivity index (χ4v) is 1.93. The van der Waals surface area contributed by atoms with Crippen molar-refractivity contribution < 1.29 is 4.39 Å². The smallest absolute Gasteiger partial charge is 0.149 e. The molecule has 0 aliphatic heterocycles. The van der Waals surface area contributed by atoms with Gasteiger partial charge in [-0.15, -0.1) is 0 Å². The zero-order valence-corrected chi connectivity index (χ0v) is 10.9. The molecule has 2 aromatic rings. The normalized spacial score (nSPS) is 10.9. The zero-order chi connectivity index (χ0) is 13.1. The second-order valence-electron chi connectivity index (χ2n) is 4.15. The molecule has 18 heavy (non-hydrogen) atoms. The minimum Gasteiger partial charge on any atom is -0.313 e. The monoisotopic (exact) mass is 248 g/mol. The van der Waals surface area contributed by atoms with Gasteiger partial charge in [0.15, 0.2) is 0 Å². The molecule has 96 valence electrons. The largest absolute Gasteiger partial charge is 0.313 e. The molecule has 0 saturated carbocycles. The summed E-state index contributed by atoms with van der Waals surface area (Å²) in [6.07, 6.45) is 0. The van der Waals surface area contributed by atoms with E-state index in [1.54, 1.807) is 17.7 Å². The van der Waals surface area contributed by atoms with E-state index in [4.69, 9.17) is 0 Å². The molecular weight excluding hydrogens is 231 g/mol. The Morgan fingerprint density at radius 2 is 2.11 bits per heavy atom. The summed E-state index contributed by atoms with van der Waals surface area (Å²) in [5, 5.41) is 7.45. The summed E-state index contributed by atoms with van der Waals surface area (Å²) in [7, 11) is 0. The Kier molecular flexibility index (Phi) is 3.72. The highest BCUT2D eigenvalue weighted by Gasteiger charge is 2.14. The number of nitrogens with one attached hydrogen (secondary N) is 1. The zero-order valence-electron chi connectivity index (χ0n) is 10.9. The Morgan fingerprint density at radius 1 is 1.33 bits per heavy atom. The summed E-state index contributed by atoms with van der Waals surface area (Å²) in [4.78, 5) is 4.21. The molecule has 0 aliphatic carbocycles. The number of aromatic nitrogens is 3. The van der Waals surface area contributed by atoms with Gasteiger partial charge < -0.3 is 5.32 Å². The highest BCUT2D eigenvalue weighted by atomic mass is 19.1. The van der Waals surface area contributed by atoms with Crippen molar-refractivity contribution in [2.24, 2.45) is 0 Å². The van der Waals surface area contributed by atoms with E-state index >= 15 is 0 Å². The fraction of sp³-hybridized carbons (Fsp3) is 0.385. The molecule has 2 rings (SSSR count). The van der Waals surface area contributed by atoms with Crippen molar-refractivity contribution in [2.75, 3.05) is 6.54 Å². The van der Waals surface area contributed by atoms with Crippen LogP contribution in [0.25, 0.3) is 5.69 Å². The molecule has 4 nitrogen and oxygen atoms in total. The molecular formula is C13H17FN4. The first-order valence-corrected chi connectivity index (χ1v) is 6.02. The molecule has 0 atom stereocenters. The van der Waals surface area contributed by atoms with Gasteiger partial charge in [-0.3, -0.25) is 0 Å². The Bertz CT molecular complexity index is 548. The lowest BCUT2D eigenvalue weighted by Gasteiger charge is -2.11. The molecule has 1 aromatic heterocycles. The van der Waals surface area contributed by atoms with Crippen molar-refractivity contribution in [3.8, 4) is 5.69 Å². The molecule has 0 aliphatic rings. The summed E-state index contributed by atoms with van der Waals surface area (Å²) in [5.74, 6) is 1.05. The summed E-state index contributed by atoms with van der Waals surface area (Å²) in [6.45, 7) is 7.09. The topological polar surface area (TPSA) is 42.7 Å². The average molecular weight is 248 g/mol. The van der Waals surface area contributed by atoms with Gasteiger partial charge in [0.25, 0.3) is 0 Å². The van der Waals surface area contributed by atoms with Crippen LogP contribution in [-0.4, -0.2) is 21.3 Å². The molecule has 0 bridgehead atoms. The van der Waals surface area contributed by atoms with Gasteiger partial charge in [0.05, 0.1) is 0 Å². The molecule has 0 amide bonds. The average Bonchev–Trinajstić information content (AvgIpc) is 2.65. The maximum atomic E-state index is 14.0. The highest BCUT2D eigenvalue weighted by molar-refractivity contribution is 5.42. The molecule has 0 radical (unpaired) electrons. The first kappa shape index (κ1) is 12.7. The van der Waals surface area contributed by atoms with E-state index in [-0.39, 0.29) is 5.82 Å². The predicted octanol–water partition coefficient (Wildman–Crippen LogP) is 2.13. The lowest BCUT2D eigenvalue weighted by molar-refractivity contribution is 0.599. The van der Waals surface area contributed by atoms with E-state index in [1.807, 2.05) is 19.9 Å². The number of hydrogen-bond acceptors (Lipinski definition) is 3. The van der Waals surface area contributed by atoms with Gasteiger partial charge in [-0.25, -0.2) is 14.1 Å². The van der Waals surface area contributed by atoms with Gasteiger partial charge in [-0.2, -0.15) is 5.10 Å². The van der Waals surface area contributed by atoms with Crippen molar-refractivity contribution in [1.29, 1.82) is 0 Å². The minimum absolute atomic E-state index is 0.279. The molecule has 0 unspecified atom stereocenters. The van der Waals surface area contributed by atoms with Gasteiger partial charge in [-0.05, 0) is 32.0 Å². The fourth-order valence-electron chi connectivity index (χ4n) is 1.93. The Morgan fingerprint density at radius 3 is 2.72 bits per heavy atom. The van der Waals surface area contributed by atoms with Crippen molar-refractivity contribution >= 4 is 0 Å². The number of benzene rings is 1. The molecule has 1 aromatic carbocycles. The number of nitrogens with zero attached hydrogens (tertiary/aromatic N) is 3. The van der Waals surface area contributed by atoms with E-state index in [9.17, 15) is 4.39 Å².